The number of likely N-dealkylation sites (tertiary alicyclic amines) is 1. The van der Waals surface area contributed by atoms with Gasteiger partial charge in [-0.15, -0.1) is 0 Å². The lowest BCUT2D eigenvalue weighted by atomic mass is 9.85. The second kappa shape index (κ2) is 5.26. The highest BCUT2D eigenvalue weighted by Gasteiger charge is 2.34. The number of carbonyl (C=O) groups is 2. The van der Waals surface area contributed by atoms with E-state index in [0.29, 0.717) is 19.5 Å². The third kappa shape index (κ3) is 3.70. The highest BCUT2D eigenvalue weighted by atomic mass is 16.2. The minimum atomic E-state index is -0.654. The van der Waals surface area contributed by atoms with Crippen molar-refractivity contribution in [1.29, 1.82) is 0 Å². The molecule has 1 heterocycles. The molecular formula is C13H25N3O2. The van der Waals surface area contributed by atoms with Crippen molar-refractivity contribution in [3.63, 3.8) is 0 Å². The zero-order valence-electron chi connectivity index (χ0n) is 11.9. The lowest BCUT2D eigenvalue weighted by Crippen LogP contribution is -2.48. The second-order valence-corrected chi connectivity index (χ2v) is 6.59. The van der Waals surface area contributed by atoms with E-state index in [-0.39, 0.29) is 17.2 Å². The number of amides is 2. The van der Waals surface area contributed by atoms with Crippen molar-refractivity contribution in [2.24, 2.45) is 16.7 Å². The zero-order valence-corrected chi connectivity index (χ0v) is 11.9. The van der Waals surface area contributed by atoms with E-state index >= 15 is 0 Å². The molecule has 0 saturated carbocycles. The van der Waals surface area contributed by atoms with E-state index < -0.39 is 5.41 Å². The molecule has 0 aromatic rings. The predicted molar refractivity (Wildman–Crippen MR) is 70.3 cm³/mol. The van der Waals surface area contributed by atoms with E-state index in [9.17, 15) is 9.59 Å². The fourth-order valence-electron chi connectivity index (χ4n) is 2.20. The average Bonchev–Trinajstić information content (AvgIpc) is 2.41. The van der Waals surface area contributed by atoms with E-state index in [1.165, 1.54) is 0 Å². The molecule has 0 aromatic heterocycles. The number of nitrogens with zero attached hydrogens (tertiary/aromatic N) is 1. The fourth-order valence-corrected chi connectivity index (χ4v) is 2.20. The quantitative estimate of drug-likeness (QED) is 0.449. The van der Waals surface area contributed by atoms with Crippen LogP contribution >= 0.6 is 0 Å². The van der Waals surface area contributed by atoms with Gasteiger partial charge in [-0.25, -0.2) is 5.84 Å². The second-order valence-electron chi connectivity index (χ2n) is 6.59. The monoisotopic (exact) mass is 255 g/mol. The third-order valence-electron chi connectivity index (χ3n) is 3.76. The molecule has 0 atom stereocenters. The molecule has 0 unspecified atom stereocenters. The third-order valence-corrected chi connectivity index (χ3v) is 3.76. The Balaban J connectivity index is 2.72. The average molecular weight is 255 g/mol. The van der Waals surface area contributed by atoms with E-state index in [2.05, 4.69) is 19.3 Å². The molecule has 0 bridgehead atoms. The van der Waals surface area contributed by atoms with Crippen molar-refractivity contribution in [1.82, 2.24) is 10.3 Å². The maximum absolute atomic E-state index is 12.1. The molecule has 3 N–H and O–H groups in total. The summed E-state index contributed by atoms with van der Waals surface area (Å²) in [6.45, 7) is 9.11. The maximum Gasteiger partial charge on any atom is 0.241 e. The fraction of sp³-hybridized carbons (Fsp3) is 0.846. The molecule has 5 nitrogen and oxygen atoms in total. The lowest BCUT2D eigenvalue weighted by molar-refractivity contribution is -0.136. The van der Waals surface area contributed by atoms with Crippen molar-refractivity contribution in [2.75, 3.05) is 13.1 Å². The molecule has 2 amide bonds. The summed E-state index contributed by atoms with van der Waals surface area (Å²) in [6, 6.07) is 0. The number of nitrogens with one attached hydrogen (secondary N) is 1. The summed E-state index contributed by atoms with van der Waals surface area (Å²) < 4.78 is 0. The summed E-state index contributed by atoms with van der Waals surface area (Å²) in [5.74, 6) is 5.07. The lowest BCUT2D eigenvalue weighted by Gasteiger charge is -2.31. The SMILES string of the molecule is CC1(C)CCC(=O)N(CC(C)(C)C(=O)NN)CC1. The molecule has 0 aromatic carbocycles. The first-order valence-corrected chi connectivity index (χ1v) is 6.47. The minimum Gasteiger partial charge on any atom is -0.342 e. The van der Waals surface area contributed by atoms with Gasteiger partial charge in [-0.05, 0) is 32.1 Å². The number of rotatable bonds is 3. The van der Waals surface area contributed by atoms with Gasteiger partial charge >= 0.3 is 0 Å². The summed E-state index contributed by atoms with van der Waals surface area (Å²) in [5.41, 5.74) is 1.71. The Hall–Kier alpha value is -1.10. The molecule has 1 aliphatic rings. The van der Waals surface area contributed by atoms with Crippen LogP contribution in [0.25, 0.3) is 0 Å². The van der Waals surface area contributed by atoms with Gasteiger partial charge in [0.25, 0.3) is 0 Å². The van der Waals surface area contributed by atoms with E-state index in [1.807, 2.05) is 0 Å². The van der Waals surface area contributed by atoms with Crippen LogP contribution in [0.3, 0.4) is 0 Å². The summed E-state index contributed by atoms with van der Waals surface area (Å²) in [7, 11) is 0. The van der Waals surface area contributed by atoms with Crippen molar-refractivity contribution in [2.45, 2.75) is 47.0 Å². The van der Waals surface area contributed by atoms with Crippen LogP contribution in [0, 0.1) is 10.8 Å². The Bertz CT molecular complexity index is 337. The van der Waals surface area contributed by atoms with Crippen LogP contribution in [0.15, 0.2) is 0 Å². The van der Waals surface area contributed by atoms with Crippen molar-refractivity contribution in [3.8, 4) is 0 Å². The number of hydrazine groups is 1. The number of hydrogen-bond acceptors (Lipinski definition) is 3. The Kier molecular flexibility index (Phi) is 4.37. The van der Waals surface area contributed by atoms with Crippen molar-refractivity contribution < 1.29 is 9.59 Å². The van der Waals surface area contributed by atoms with Gasteiger partial charge in [0.1, 0.15) is 0 Å². The summed E-state index contributed by atoms with van der Waals surface area (Å²) in [5, 5.41) is 0. The summed E-state index contributed by atoms with van der Waals surface area (Å²) >= 11 is 0. The maximum atomic E-state index is 12.1. The number of carbonyl (C=O) groups excluding carboxylic acids is 2. The molecule has 1 fully saturated rings. The van der Waals surface area contributed by atoms with E-state index in [4.69, 9.17) is 5.84 Å². The van der Waals surface area contributed by atoms with E-state index in [0.717, 1.165) is 12.8 Å². The Morgan fingerprint density at radius 2 is 2.06 bits per heavy atom. The highest BCUT2D eigenvalue weighted by molar-refractivity contribution is 5.83. The molecule has 0 radical (unpaired) electrons. The molecule has 104 valence electrons. The molecule has 1 saturated heterocycles. The smallest absolute Gasteiger partial charge is 0.241 e. The van der Waals surface area contributed by atoms with Crippen LogP contribution in [0.4, 0.5) is 0 Å². The predicted octanol–water partition coefficient (Wildman–Crippen LogP) is 1.04. The topological polar surface area (TPSA) is 75.4 Å². The molecular weight excluding hydrogens is 230 g/mol. The first kappa shape index (κ1) is 15.0. The van der Waals surface area contributed by atoms with Crippen LogP contribution in [0.2, 0.25) is 0 Å². The van der Waals surface area contributed by atoms with Gasteiger partial charge in [0.2, 0.25) is 11.8 Å². The normalized spacial score (nSPS) is 20.5. The standard InChI is InChI=1S/C13H25N3O2/c1-12(2)6-5-10(17)16(8-7-12)9-13(3,4)11(18)15-14/h5-9,14H2,1-4H3,(H,15,18). The van der Waals surface area contributed by atoms with Crippen molar-refractivity contribution >= 4 is 11.8 Å². The van der Waals surface area contributed by atoms with Gasteiger partial charge in [0.15, 0.2) is 0 Å². The highest BCUT2D eigenvalue weighted by Crippen LogP contribution is 2.31. The molecule has 0 spiro atoms. The van der Waals surface area contributed by atoms with Crippen LogP contribution in [0.1, 0.15) is 47.0 Å². The van der Waals surface area contributed by atoms with Gasteiger partial charge < -0.3 is 4.90 Å². The molecule has 1 aliphatic heterocycles. The number of nitrogens with two attached hydrogens (primary N) is 1. The van der Waals surface area contributed by atoms with Gasteiger partial charge in [-0.2, -0.15) is 0 Å². The molecule has 1 rings (SSSR count). The van der Waals surface area contributed by atoms with Crippen LogP contribution < -0.4 is 11.3 Å². The van der Waals surface area contributed by atoms with Crippen LogP contribution in [-0.4, -0.2) is 29.8 Å². The number of hydrogen-bond donors (Lipinski definition) is 2. The largest absolute Gasteiger partial charge is 0.342 e. The first-order chi connectivity index (χ1) is 8.18. The Morgan fingerprint density at radius 3 is 2.61 bits per heavy atom. The minimum absolute atomic E-state index is 0.137. The van der Waals surface area contributed by atoms with Gasteiger partial charge in [0.05, 0.1) is 5.41 Å². The van der Waals surface area contributed by atoms with Crippen molar-refractivity contribution in [3.05, 3.63) is 0 Å². The molecule has 18 heavy (non-hydrogen) atoms. The van der Waals surface area contributed by atoms with Gasteiger partial charge in [-0.3, -0.25) is 15.0 Å². The summed E-state index contributed by atoms with van der Waals surface area (Å²) in [6.07, 6.45) is 2.44. The van der Waals surface area contributed by atoms with Gasteiger partial charge in [-0.1, -0.05) is 13.8 Å². The van der Waals surface area contributed by atoms with Crippen LogP contribution in [0.5, 0.6) is 0 Å². The first-order valence-electron chi connectivity index (χ1n) is 6.47. The summed E-state index contributed by atoms with van der Waals surface area (Å²) in [4.78, 5) is 25.5. The van der Waals surface area contributed by atoms with E-state index in [1.54, 1.807) is 18.7 Å². The Morgan fingerprint density at radius 1 is 1.44 bits per heavy atom. The zero-order chi connectivity index (χ0) is 14.0. The Labute approximate surface area is 109 Å². The molecule has 0 aliphatic carbocycles. The van der Waals surface area contributed by atoms with Gasteiger partial charge in [0, 0.05) is 19.5 Å². The molecule has 5 heteroatoms. The van der Waals surface area contributed by atoms with Crippen LogP contribution in [-0.2, 0) is 9.59 Å².